The van der Waals surface area contributed by atoms with E-state index in [1.54, 1.807) is 42.6 Å². The Labute approximate surface area is 149 Å². The SMILES string of the molecule is O=C(NCc1ccccc1F)c1cncc(Nc2ccc(Cl)cc2)c1. The van der Waals surface area contributed by atoms with Gasteiger partial charge in [0.1, 0.15) is 5.82 Å². The molecule has 6 heteroatoms. The highest BCUT2D eigenvalue weighted by Crippen LogP contribution is 2.19. The van der Waals surface area contributed by atoms with Gasteiger partial charge in [0.15, 0.2) is 0 Å². The second-order valence-electron chi connectivity index (χ2n) is 5.37. The molecule has 0 aliphatic heterocycles. The zero-order valence-electron chi connectivity index (χ0n) is 13.2. The lowest BCUT2D eigenvalue weighted by Gasteiger charge is -2.09. The molecule has 0 atom stereocenters. The van der Waals surface area contributed by atoms with Crippen LogP contribution >= 0.6 is 11.6 Å². The minimum absolute atomic E-state index is 0.111. The number of carbonyl (C=O) groups excluding carboxylic acids is 1. The first-order valence-corrected chi connectivity index (χ1v) is 7.99. The predicted octanol–water partition coefficient (Wildman–Crippen LogP) is 4.55. The molecule has 4 nitrogen and oxygen atoms in total. The summed E-state index contributed by atoms with van der Waals surface area (Å²) in [6, 6.07) is 15.2. The first kappa shape index (κ1) is 16.9. The molecule has 0 aliphatic rings. The van der Waals surface area contributed by atoms with Crippen LogP contribution in [-0.4, -0.2) is 10.9 Å². The maximum Gasteiger partial charge on any atom is 0.253 e. The molecule has 1 heterocycles. The summed E-state index contributed by atoms with van der Waals surface area (Å²) >= 11 is 5.86. The quantitative estimate of drug-likeness (QED) is 0.706. The number of pyridine rings is 1. The molecule has 0 fully saturated rings. The number of hydrogen-bond donors (Lipinski definition) is 2. The molecule has 126 valence electrons. The zero-order chi connectivity index (χ0) is 17.6. The highest BCUT2D eigenvalue weighted by molar-refractivity contribution is 6.30. The second kappa shape index (κ2) is 7.77. The van der Waals surface area contributed by atoms with E-state index < -0.39 is 0 Å². The molecule has 3 aromatic rings. The fourth-order valence-electron chi connectivity index (χ4n) is 2.25. The molecular formula is C19H15ClFN3O. The average molecular weight is 356 g/mol. The molecule has 0 radical (unpaired) electrons. The summed E-state index contributed by atoms with van der Waals surface area (Å²) in [7, 11) is 0. The Hall–Kier alpha value is -2.92. The minimum atomic E-state index is -0.348. The maximum atomic E-state index is 13.6. The second-order valence-corrected chi connectivity index (χ2v) is 5.80. The Morgan fingerprint density at radius 2 is 1.80 bits per heavy atom. The van der Waals surface area contributed by atoms with E-state index in [0.29, 0.717) is 21.8 Å². The normalized spacial score (nSPS) is 10.3. The lowest BCUT2D eigenvalue weighted by atomic mass is 10.2. The van der Waals surface area contributed by atoms with Crippen molar-refractivity contribution in [3.63, 3.8) is 0 Å². The van der Waals surface area contributed by atoms with Gasteiger partial charge in [0.25, 0.3) is 5.91 Å². The Morgan fingerprint density at radius 1 is 1.04 bits per heavy atom. The Balaban J connectivity index is 1.67. The zero-order valence-corrected chi connectivity index (χ0v) is 13.9. The van der Waals surface area contributed by atoms with E-state index >= 15 is 0 Å². The smallest absolute Gasteiger partial charge is 0.253 e. The first-order valence-electron chi connectivity index (χ1n) is 7.61. The number of amides is 1. The molecule has 25 heavy (non-hydrogen) atoms. The van der Waals surface area contributed by atoms with E-state index in [2.05, 4.69) is 15.6 Å². The molecule has 0 bridgehead atoms. The van der Waals surface area contributed by atoms with Gasteiger partial charge in [-0.3, -0.25) is 9.78 Å². The summed E-state index contributed by atoms with van der Waals surface area (Å²) in [5.41, 5.74) is 2.31. The van der Waals surface area contributed by atoms with E-state index in [1.165, 1.54) is 12.3 Å². The lowest BCUT2D eigenvalue weighted by Crippen LogP contribution is -2.23. The van der Waals surface area contributed by atoms with Crippen molar-refractivity contribution in [3.8, 4) is 0 Å². The third-order valence-corrected chi connectivity index (χ3v) is 3.78. The fourth-order valence-corrected chi connectivity index (χ4v) is 2.38. The standard InChI is InChI=1S/C19H15ClFN3O/c20-15-5-7-16(8-6-15)24-17-9-14(10-22-12-17)19(25)23-11-13-3-1-2-4-18(13)21/h1-10,12,24H,11H2,(H,23,25). The van der Waals surface area contributed by atoms with Crippen LogP contribution in [0, 0.1) is 5.82 Å². The van der Waals surface area contributed by atoms with Crippen LogP contribution in [0.3, 0.4) is 0 Å². The van der Waals surface area contributed by atoms with Crippen molar-refractivity contribution in [1.29, 1.82) is 0 Å². The summed E-state index contributed by atoms with van der Waals surface area (Å²) in [5.74, 6) is -0.672. The number of halogens is 2. The molecule has 2 aromatic carbocycles. The highest BCUT2D eigenvalue weighted by atomic mass is 35.5. The number of carbonyl (C=O) groups is 1. The van der Waals surface area contributed by atoms with Gasteiger partial charge in [-0.15, -0.1) is 0 Å². The van der Waals surface area contributed by atoms with Gasteiger partial charge in [0.05, 0.1) is 17.4 Å². The molecular weight excluding hydrogens is 341 g/mol. The van der Waals surface area contributed by atoms with Gasteiger partial charge in [0.2, 0.25) is 0 Å². The van der Waals surface area contributed by atoms with Crippen molar-refractivity contribution in [2.45, 2.75) is 6.54 Å². The molecule has 0 spiro atoms. The van der Waals surface area contributed by atoms with E-state index in [0.717, 1.165) is 5.69 Å². The van der Waals surface area contributed by atoms with Gasteiger partial charge in [-0.1, -0.05) is 29.8 Å². The van der Waals surface area contributed by atoms with Crippen molar-refractivity contribution in [2.24, 2.45) is 0 Å². The fraction of sp³-hybridized carbons (Fsp3) is 0.0526. The van der Waals surface area contributed by atoms with Crippen LogP contribution in [0.1, 0.15) is 15.9 Å². The maximum absolute atomic E-state index is 13.6. The molecule has 0 unspecified atom stereocenters. The number of nitrogens with zero attached hydrogens (tertiary/aromatic N) is 1. The first-order chi connectivity index (χ1) is 12.1. The van der Waals surface area contributed by atoms with Crippen molar-refractivity contribution in [2.75, 3.05) is 5.32 Å². The molecule has 3 rings (SSSR count). The topological polar surface area (TPSA) is 54.0 Å². The summed E-state index contributed by atoms with van der Waals surface area (Å²) in [4.78, 5) is 16.3. The van der Waals surface area contributed by atoms with Gasteiger partial charge >= 0.3 is 0 Å². The predicted molar refractivity (Wildman–Crippen MR) is 96.5 cm³/mol. The Morgan fingerprint density at radius 3 is 2.56 bits per heavy atom. The number of rotatable bonds is 5. The van der Waals surface area contributed by atoms with Gasteiger partial charge in [-0.05, 0) is 36.4 Å². The molecule has 1 amide bonds. The van der Waals surface area contributed by atoms with E-state index in [-0.39, 0.29) is 18.3 Å². The Kier molecular flexibility index (Phi) is 5.26. The summed E-state index contributed by atoms with van der Waals surface area (Å²) in [6.07, 6.45) is 3.08. The van der Waals surface area contributed by atoms with Crippen molar-refractivity contribution >= 4 is 28.9 Å². The van der Waals surface area contributed by atoms with Crippen LogP contribution in [0.5, 0.6) is 0 Å². The number of aromatic nitrogens is 1. The number of nitrogens with one attached hydrogen (secondary N) is 2. The number of benzene rings is 2. The van der Waals surface area contributed by atoms with E-state index in [9.17, 15) is 9.18 Å². The molecule has 1 aromatic heterocycles. The number of hydrogen-bond acceptors (Lipinski definition) is 3. The third-order valence-electron chi connectivity index (χ3n) is 3.53. The summed E-state index contributed by atoms with van der Waals surface area (Å²) < 4.78 is 13.6. The van der Waals surface area contributed by atoms with Gasteiger partial charge < -0.3 is 10.6 Å². The molecule has 2 N–H and O–H groups in total. The van der Waals surface area contributed by atoms with Crippen LogP contribution in [0.2, 0.25) is 5.02 Å². The van der Waals surface area contributed by atoms with Crippen LogP contribution in [-0.2, 0) is 6.54 Å². The van der Waals surface area contributed by atoms with Crippen molar-refractivity contribution < 1.29 is 9.18 Å². The van der Waals surface area contributed by atoms with Crippen LogP contribution in [0.4, 0.5) is 15.8 Å². The van der Waals surface area contributed by atoms with Gasteiger partial charge in [-0.2, -0.15) is 0 Å². The average Bonchev–Trinajstić information content (AvgIpc) is 2.63. The van der Waals surface area contributed by atoms with Gasteiger partial charge in [0, 0.05) is 29.0 Å². The lowest BCUT2D eigenvalue weighted by molar-refractivity contribution is 0.0950. The van der Waals surface area contributed by atoms with Crippen LogP contribution < -0.4 is 10.6 Å². The van der Waals surface area contributed by atoms with Crippen LogP contribution in [0.25, 0.3) is 0 Å². The summed E-state index contributed by atoms with van der Waals surface area (Å²) in [5, 5.41) is 6.48. The van der Waals surface area contributed by atoms with Crippen LogP contribution in [0.15, 0.2) is 67.0 Å². The van der Waals surface area contributed by atoms with E-state index in [4.69, 9.17) is 11.6 Å². The van der Waals surface area contributed by atoms with Crippen molar-refractivity contribution in [1.82, 2.24) is 10.3 Å². The van der Waals surface area contributed by atoms with E-state index in [1.807, 2.05) is 12.1 Å². The molecule has 0 saturated heterocycles. The largest absolute Gasteiger partial charge is 0.354 e. The highest BCUT2D eigenvalue weighted by Gasteiger charge is 2.08. The summed E-state index contributed by atoms with van der Waals surface area (Å²) in [6.45, 7) is 0.111. The molecule has 0 saturated carbocycles. The van der Waals surface area contributed by atoms with Crippen molar-refractivity contribution in [3.05, 3.63) is 89.0 Å². The Bertz CT molecular complexity index is 884. The third kappa shape index (κ3) is 4.55. The monoisotopic (exact) mass is 355 g/mol. The minimum Gasteiger partial charge on any atom is -0.354 e. The molecule has 0 aliphatic carbocycles. The van der Waals surface area contributed by atoms with Gasteiger partial charge in [-0.25, -0.2) is 4.39 Å². The number of anilines is 2.